The minimum atomic E-state index is -4.21. The first-order valence-corrected chi connectivity index (χ1v) is 22.3. The number of rotatable bonds is 12. The lowest BCUT2D eigenvalue weighted by Crippen LogP contribution is -2.11. The third-order valence-electron chi connectivity index (χ3n) is 8.15. The van der Waals surface area contributed by atoms with Gasteiger partial charge in [0, 0.05) is 33.4 Å². The summed E-state index contributed by atoms with van der Waals surface area (Å²) < 4.78 is 56.5. The predicted molar refractivity (Wildman–Crippen MR) is 238 cm³/mol. The molecule has 1 aliphatic rings. The van der Waals surface area contributed by atoms with Gasteiger partial charge in [-0.05, 0) is 146 Å². The molecule has 288 valence electrons. The summed E-state index contributed by atoms with van der Waals surface area (Å²) in [6.07, 6.45) is 34.2. The van der Waals surface area contributed by atoms with Crippen LogP contribution in [-0.4, -0.2) is 0 Å². The summed E-state index contributed by atoms with van der Waals surface area (Å²) in [5, 5.41) is 0. The van der Waals surface area contributed by atoms with Gasteiger partial charge in [0.15, 0.2) is 0 Å². The molecule has 0 N–H and O–H groups in total. The molecule has 0 unspecified atom stereocenters. The Morgan fingerprint density at radius 1 is 0.250 bits per heavy atom. The molecule has 0 atom stereocenters. The highest BCUT2D eigenvalue weighted by Crippen LogP contribution is 2.78. The first-order valence-electron chi connectivity index (χ1n) is 17.7. The molecular weight excluding hydrogens is 807 g/mol. The van der Waals surface area contributed by atoms with Crippen molar-refractivity contribution in [3.05, 3.63) is 179 Å². The molecule has 6 aromatic carbocycles. The second-order valence-electron chi connectivity index (χ2n) is 12.3. The summed E-state index contributed by atoms with van der Waals surface area (Å²) in [4.78, 5) is 0. The summed E-state index contributed by atoms with van der Waals surface area (Å²) in [5.41, 5.74) is 3.62. The van der Waals surface area contributed by atoms with Gasteiger partial charge in [0.25, 0.3) is 0 Å². The van der Waals surface area contributed by atoms with Gasteiger partial charge < -0.3 is 27.1 Å². The maximum Gasteiger partial charge on any atom is 0.460 e. The van der Waals surface area contributed by atoms with E-state index in [4.69, 9.17) is 79.2 Å². The number of hydrogen-bond acceptors (Lipinski definition) is 9. The molecule has 0 amide bonds. The van der Waals surface area contributed by atoms with Crippen LogP contribution in [0.25, 0.3) is 0 Å². The molecule has 9 nitrogen and oxygen atoms in total. The second-order valence-corrected chi connectivity index (χ2v) is 18.5. The van der Waals surface area contributed by atoms with Crippen LogP contribution in [0.4, 0.5) is 0 Å². The normalized spacial score (nSPS) is 13.7. The Morgan fingerprint density at radius 3 is 0.500 bits per heavy atom. The molecule has 12 heteroatoms. The maximum absolute atomic E-state index is 6.83. The molecule has 7 rings (SSSR count). The van der Waals surface area contributed by atoms with E-state index in [1.54, 1.807) is 146 Å². The number of terminal acetylenes is 6. The zero-order valence-corrected chi connectivity index (χ0v) is 34.1. The Balaban J connectivity index is 1.58. The lowest BCUT2D eigenvalue weighted by molar-refractivity contribution is 0.443. The van der Waals surface area contributed by atoms with Gasteiger partial charge in [-0.25, -0.2) is 0 Å². The van der Waals surface area contributed by atoms with Crippen LogP contribution < -0.4 is 27.1 Å². The zero-order chi connectivity index (χ0) is 42.0. The van der Waals surface area contributed by atoms with Crippen molar-refractivity contribution >= 4 is 23.0 Å². The first-order chi connectivity index (χ1) is 29.2. The van der Waals surface area contributed by atoms with Crippen molar-refractivity contribution in [2.75, 3.05) is 0 Å². The van der Waals surface area contributed by atoms with Gasteiger partial charge in [-0.3, -0.25) is 0 Å². The standard InChI is InChI=1S/C48H30N3O6P3/c1-7-37-13-25-43(26-14-37)52-58(53-44-27-15-38(8-2)16-28-44)49-59(54-45-29-17-39(9-3)18-30-45,55-46-31-19-40(10-4)20-32-46)51-60(50-58,56-47-33-21-41(11-5)22-34-47)57-48-35-23-42(12-6)24-36-48/h1-6,13-36H. The Bertz CT molecular complexity index is 2460. The molecule has 0 bridgehead atoms. The van der Waals surface area contributed by atoms with Gasteiger partial charge in [-0.15, -0.1) is 38.5 Å². The van der Waals surface area contributed by atoms with Gasteiger partial charge in [0.2, 0.25) is 0 Å². The topological polar surface area (TPSA) is 92.5 Å². The van der Waals surface area contributed by atoms with Crippen molar-refractivity contribution in [2.45, 2.75) is 0 Å². The summed E-state index contributed by atoms with van der Waals surface area (Å²) in [6.45, 7) is 0. The maximum atomic E-state index is 6.83. The van der Waals surface area contributed by atoms with E-state index in [0.717, 1.165) is 0 Å². The molecule has 0 radical (unpaired) electrons. The van der Waals surface area contributed by atoms with E-state index in [2.05, 4.69) is 35.5 Å². The van der Waals surface area contributed by atoms with Crippen LogP contribution >= 0.6 is 23.0 Å². The minimum Gasteiger partial charge on any atom is -0.413 e. The molecule has 0 aliphatic carbocycles. The Hall–Kier alpha value is -7.83. The third-order valence-corrected chi connectivity index (χ3v) is 16.3. The summed E-state index contributed by atoms with van der Waals surface area (Å²) in [5.74, 6) is 17.3. The molecule has 1 heterocycles. The highest BCUT2D eigenvalue weighted by Gasteiger charge is 2.49. The van der Waals surface area contributed by atoms with Crippen molar-refractivity contribution < 1.29 is 27.1 Å². The van der Waals surface area contributed by atoms with Crippen molar-refractivity contribution in [1.82, 2.24) is 0 Å². The monoisotopic (exact) mass is 837 g/mol. The average Bonchev–Trinajstić information content (AvgIpc) is 3.27. The van der Waals surface area contributed by atoms with E-state index in [-0.39, 0.29) is 34.5 Å². The Labute approximate surface area is 349 Å². The lowest BCUT2D eigenvalue weighted by Gasteiger charge is -2.33. The van der Waals surface area contributed by atoms with E-state index >= 15 is 0 Å². The van der Waals surface area contributed by atoms with E-state index in [9.17, 15) is 0 Å². The summed E-state index contributed by atoms with van der Waals surface area (Å²) >= 11 is 0. The van der Waals surface area contributed by atoms with Crippen molar-refractivity contribution in [3.8, 4) is 109 Å². The Kier molecular flexibility index (Phi) is 11.9. The lowest BCUT2D eigenvalue weighted by atomic mass is 10.2. The van der Waals surface area contributed by atoms with Gasteiger partial charge in [-0.2, -0.15) is 0 Å². The highest BCUT2D eigenvalue weighted by atomic mass is 31.3. The molecule has 0 saturated carbocycles. The molecule has 60 heavy (non-hydrogen) atoms. The van der Waals surface area contributed by atoms with Crippen molar-refractivity contribution in [3.63, 3.8) is 0 Å². The van der Waals surface area contributed by atoms with E-state index in [1.807, 2.05) is 0 Å². The largest absolute Gasteiger partial charge is 0.460 e. The molecular formula is C48H30N3O6P3. The predicted octanol–water partition coefficient (Wildman–Crippen LogP) is 12.2. The van der Waals surface area contributed by atoms with Crippen LogP contribution in [0.5, 0.6) is 34.5 Å². The fraction of sp³-hybridized carbons (Fsp3) is 0. The fourth-order valence-corrected chi connectivity index (χ4v) is 14.3. The number of hydrogen-bond donors (Lipinski definition) is 0. The summed E-state index contributed by atoms with van der Waals surface area (Å²) in [7, 11) is -12.6. The van der Waals surface area contributed by atoms with E-state index in [0.29, 0.717) is 33.4 Å². The summed E-state index contributed by atoms with van der Waals surface area (Å²) in [6, 6.07) is 40.4. The molecule has 0 aromatic heterocycles. The number of nitrogens with zero attached hydrogens (tertiary/aromatic N) is 3. The second kappa shape index (κ2) is 17.8. The van der Waals surface area contributed by atoms with Gasteiger partial charge in [0.05, 0.1) is 0 Å². The smallest absolute Gasteiger partial charge is 0.413 e. The highest BCUT2D eigenvalue weighted by molar-refractivity contribution is 7.79. The fourth-order valence-electron chi connectivity index (χ4n) is 5.25. The quantitative estimate of drug-likeness (QED) is 0.0900. The first kappa shape index (κ1) is 40.4. The van der Waals surface area contributed by atoms with Crippen LogP contribution in [0.1, 0.15) is 33.4 Å². The van der Waals surface area contributed by atoms with Gasteiger partial charge in [0.1, 0.15) is 34.5 Å². The Morgan fingerprint density at radius 2 is 0.383 bits per heavy atom. The van der Waals surface area contributed by atoms with Crippen LogP contribution in [-0.2, 0) is 0 Å². The average molecular weight is 838 g/mol. The zero-order valence-electron chi connectivity index (χ0n) is 31.5. The van der Waals surface area contributed by atoms with Gasteiger partial charge >= 0.3 is 23.0 Å². The third kappa shape index (κ3) is 9.64. The molecule has 1 aliphatic heterocycles. The van der Waals surface area contributed by atoms with Crippen molar-refractivity contribution in [1.29, 1.82) is 0 Å². The molecule has 6 aromatic rings. The van der Waals surface area contributed by atoms with Gasteiger partial charge in [-0.1, -0.05) is 49.1 Å². The SMILES string of the molecule is C#Cc1ccc(OP2(Oc3ccc(C#C)cc3)=NP(Oc3ccc(C#C)cc3)(Oc3ccc(C#C)cc3)=NP(Oc3ccc(C#C)cc3)(Oc3ccc(C#C)cc3)=N2)cc1. The minimum absolute atomic E-state index is 0.279. The molecule has 0 spiro atoms. The van der Waals surface area contributed by atoms with Crippen LogP contribution in [0.2, 0.25) is 0 Å². The van der Waals surface area contributed by atoms with Crippen LogP contribution in [0, 0.1) is 74.1 Å². The molecule has 0 saturated heterocycles. The van der Waals surface area contributed by atoms with Crippen LogP contribution in [0.3, 0.4) is 0 Å². The van der Waals surface area contributed by atoms with E-state index in [1.165, 1.54) is 0 Å². The molecule has 0 fully saturated rings. The van der Waals surface area contributed by atoms with Crippen molar-refractivity contribution in [2.24, 2.45) is 13.5 Å². The van der Waals surface area contributed by atoms with E-state index < -0.39 is 23.0 Å². The number of benzene rings is 6. The van der Waals surface area contributed by atoms with Crippen LogP contribution in [0.15, 0.2) is 159 Å².